The summed E-state index contributed by atoms with van der Waals surface area (Å²) in [5.74, 6) is 0.664. The molecule has 0 unspecified atom stereocenters. The summed E-state index contributed by atoms with van der Waals surface area (Å²) in [6.45, 7) is 3.40. The Morgan fingerprint density at radius 2 is 2.24 bits per heavy atom. The van der Waals surface area contributed by atoms with Gasteiger partial charge in [-0.1, -0.05) is 0 Å². The quantitative estimate of drug-likeness (QED) is 0.908. The first kappa shape index (κ1) is 12.4. The van der Waals surface area contributed by atoms with E-state index in [0.29, 0.717) is 12.5 Å². The van der Waals surface area contributed by atoms with Crippen molar-refractivity contribution in [2.45, 2.75) is 13.5 Å². The first-order valence-corrected chi connectivity index (χ1v) is 6.96. The van der Waals surface area contributed by atoms with E-state index in [-0.39, 0.29) is 0 Å². The zero-order chi connectivity index (χ0) is 12.1. The molecule has 2 rings (SSSR count). The molecule has 90 valence electrons. The van der Waals surface area contributed by atoms with Crippen molar-refractivity contribution in [1.82, 2.24) is 4.98 Å². The molecule has 0 radical (unpaired) electrons. The molecular formula is C12H13BrN2OS. The number of ether oxygens (including phenoxy) is 1. The van der Waals surface area contributed by atoms with Crippen LogP contribution < -0.4 is 10.1 Å². The van der Waals surface area contributed by atoms with Crippen LogP contribution in [0.3, 0.4) is 0 Å². The van der Waals surface area contributed by atoms with E-state index in [4.69, 9.17) is 4.74 Å². The average Bonchev–Trinajstić information content (AvgIpc) is 2.75. The molecule has 0 aliphatic carbocycles. The maximum atomic E-state index is 5.28. The number of hydrogen-bond acceptors (Lipinski definition) is 4. The second-order valence-electron chi connectivity index (χ2n) is 3.38. The van der Waals surface area contributed by atoms with E-state index in [2.05, 4.69) is 38.4 Å². The van der Waals surface area contributed by atoms with Gasteiger partial charge < -0.3 is 10.1 Å². The molecule has 0 bridgehead atoms. The molecule has 0 fully saturated rings. The predicted molar refractivity (Wildman–Crippen MR) is 74.8 cm³/mol. The largest absolute Gasteiger partial charge is 0.478 e. The van der Waals surface area contributed by atoms with E-state index >= 15 is 0 Å². The highest BCUT2D eigenvalue weighted by Crippen LogP contribution is 2.23. The summed E-state index contributed by atoms with van der Waals surface area (Å²) in [5.41, 5.74) is 0.998. The van der Waals surface area contributed by atoms with Crippen molar-refractivity contribution in [3.05, 3.63) is 39.1 Å². The van der Waals surface area contributed by atoms with E-state index in [1.807, 2.05) is 19.1 Å². The van der Waals surface area contributed by atoms with Crippen LogP contribution in [0.5, 0.6) is 5.88 Å². The monoisotopic (exact) mass is 312 g/mol. The molecule has 0 aliphatic heterocycles. The lowest BCUT2D eigenvalue weighted by molar-refractivity contribution is 0.327. The highest BCUT2D eigenvalue weighted by Gasteiger charge is 1.99. The van der Waals surface area contributed by atoms with Gasteiger partial charge in [0.25, 0.3) is 0 Å². The van der Waals surface area contributed by atoms with Gasteiger partial charge in [0.2, 0.25) is 5.88 Å². The molecule has 3 nitrogen and oxygen atoms in total. The van der Waals surface area contributed by atoms with Crippen LogP contribution in [0, 0.1) is 0 Å². The molecule has 0 aromatic carbocycles. The van der Waals surface area contributed by atoms with Gasteiger partial charge in [0.1, 0.15) is 0 Å². The predicted octanol–water partition coefficient (Wildman–Crippen LogP) is 3.92. The molecule has 0 amide bonds. The highest BCUT2D eigenvalue weighted by molar-refractivity contribution is 9.11. The first-order valence-electron chi connectivity index (χ1n) is 5.35. The Balaban J connectivity index is 1.90. The highest BCUT2D eigenvalue weighted by atomic mass is 79.9. The number of pyridine rings is 1. The molecule has 0 saturated heterocycles. The maximum absolute atomic E-state index is 5.28. The normalized spacial score (nSPS) is 10.2. The fourth-order valence-electron chi connectivity index (χ4n) is 1.35. The van der Waals surface area contributed by atoms with Crippen molar-refractivity contribution in [3.8, 4) is 5.88 Å². The summed E-state index contributed by atoms with van der Waals surface area (Å²) in [5, 5.41) is 3.32. The van der Waals surface area contributed by atoms with Gasteiger partial charge in [-0.25, -0.2) is 4.98 Å². The molecule has 0 atom stereocenters. The van der Waals surface area contributed by atoms with Crippen molar-refractivity contribution < 1.29 is 4.74 Å². The van der Waals surface area contributed by atoms with E-state index in [0.717, 1.165) is 16.0 Å². The lowest BCUT2D eigenvalue weighted by atomic mass is 10.4. The number of anilines is 1. The van der Waals surface area contributed by atoms with Crippen molar-refractivity contribution in [3.63, 3.8) is 0 Å². The summed E-state index contributed by atoms with van der Waals surface area (Å²) in [7, 11) is 0. The molecule has 0 aliphatic rings. The minimum absolute atomic E-state index is 0.642. The molecule has 2 aromatic rings. The molecule has 5 heteroatoms. The minimum Gasteiger partial charge on any atom is -0.478 e. The summed E-state index contributed by atoms with van der Waals surface area (Å²) < 4.78 is 6.44. The molecule has 1 N–H and O–H groups in total. The molecule has 0 saturated carbocycles. The summed E-state index contributed by atoms with van der Waals surface area (Å²) in [6, 6.07) is 8.00. The van der Waals surface area contributed by atoms with Crippen LogP contribution in [0.25, 0.3) is 0 Å². The van der Waals surface area contributed by atoms with Gasteiger partial charge in [0, 0.05) is 17.5 Å². The number of thiophene rings is 1. The summed E-state index contributed by atoms with van der Waals surface area (Å²) in [6.07, 6.45) is 1.79. The van der Waals surface area contributed by atoms with Gasteiger partial charge in [0.05, 0.1) is 22.3 Å². The zero-order valence-electron chi connectivity index (χ0n) is 9.44. The Hall–Kier alpha value is -1.07. The van der Waals surface area contributed by atoms with Crippen LogP contribution in [-0.2, 0) is 6.54 Å². The SMILES string of the molecule is CCOc1ccc(NCc2ccc(Br)s2)cn1. The van der Waals surface area contributed by atoms with Gasteiger partial charge in [-0.15, -0.1) is 11.3 Å². The molecule has 0 spiro atoms. The number of aromatic nitrogens is 1. The summed E-state index contributed by atoms with van der Waals surface area (Å²) >= 11 is 5.17. The Kier molecular flexibility index (Phi) is 4.39. The smallest absolute Gasteiger partial charge is 0.213 e. The van der Waals surface area contributed by atoms with E-state index in [1.165, 1.54) is 4.88 Å². The average molecular weight is 313 g/mol. The Morgan fingerprint density at radius 1 is 1.35 bits per heavy atom. The van der Waals surface area contributed by atoms with E-state index in [9.17, 15) is 0 Å². The lowest BCUT2D eigenvalue weighted by Gasteiger charge is -2.05. The third kappa shape index (κ3) is 3.71. The zero-order valence-corrected chi connectivity index (χ0v) is 11.8. The first-order chi connectivity index (χ1) is 8.28. The lowest BCUT2D eigenvalue weighted by Crippen LogP contribution is -1.99. The topological polar surface area (TPSA) is 34.1 Å². The van der Waals surface area contributed by atoms with Crippen LogP contribution in [0.1, 0.15) is 11.8 Å². The fraction of sp³-hybridized carbons (Fsp3) is 0.250. The second-order valence-corrected chi connectivity index (χ2v) is 5.93. The molecular weight excluding hydrogens is 300 g/mol. The van der Waals surface area contributed by atoms with Gasteiger partial charge in [-0.05, 0) is 41.1 Å². The van der Waals surface area contributed by atoms with Gasteiger partial charge in [-0.3, -0.25) is 0 Å². The summed E-state index contributed by atoms with van der Waals surface area (Å²) in [4.78, 5) is 5.48. The van der Waals surface area contributed by atoms with E-state index in [1.54, 1.807) is 17.5 Å². The Bertz CT molecular complexity index is 470. The molecule has 17 heavy (non-hydrogen) atoms. The number of hydrogen-bond donors (Lipinski definition) is 1. The van der Waals surface area contributed by atoms with Crippen molar-refractivity contribution in [1.29, 1.82) is 0 Å². The van der Waals surface area contributed by atoms with Crippen molar-refractivity contribution in [2.75, 3.05) is 11.9 Å². The van der Waals surface area contributed by atoms with E-state index < -0.39 is 0 Å². The number of rotatable bonds is 5. The van der Waals surface area contributed by atoms with Gasteiger partial charge in [-0.2, -0.15) is 0 Å². The standard InChI is InChI=1S/C12H13BrN2OS/c1-2-16-12-6-3-9(7-15-12)14-8-10-4-5-11(13)17-10/h3-7,14H,2,8H2,1H3. The third-order valence-corrected chi connectivity index (χ3v) is 3.75. The molecule has 2 heterocycles. The van der Waals surface area contributed by atoms with Crippen molar-refractivity contribution in [2.24, 2.45) is 0 Å². The molecule has 2 aromatic heterocycles. The third-order valence-electron chi connectivity index (χ3n) is 2.12. The second kappa shape index (κ2) is 6.02. The van der Waals surface area contributed by atoms with Crippen LogP contribution >= 0.6 is 27.3 Å². The van der Waals surface area contributed by atoms with Crippen LogP contribution in [0.2, 0.25) is 0 Å². The maximum Gasteiger partial charge on any atom is 0.213 e. The fourth-order valence-corrected chi connectivity index (χ4v) is 2.78. The minimum atomic E-state index is 0.642. The Labute approximate surface area is 113 Å². The number of halogens is 1. The number of nitrogens with zero attached hydrogens (tertiary/aromatic N) is 1. The van der Waals surface area contributed by atoms with Crippen LogP contribution in [-0.4, -0.2) is 11.6 Å². The Morgan fingerprint density at radius 3 is 2.82 bits per heavy atom. The van der Waals surface area contributed by atoms with Gasteiger partial charge >= 0.3 is 0 Å². The van der Waals surface area contributed by atoms with Crippen LogP contribution in [0.4, 0.5) is 5.69 Å². The van der Waals surface area contributed by atoms with Gasteiger partial charge in [0.15, 0.2) is 0 Å². The van der Waals surface area contributed by atoms with Crippen molar-refractivity contribution >= 4 is 33.0 Å². The van der Waals surface area contributed by atoms with Crippen LogP contribution in [0.15, 0.2) is 34.2 Å². The number of nitrogens with one attached hydrogen (secondary N) is 1.